The zero-order valence-electron chi connectivity index (χ0n) is 13.6. The number of hydrogen-bond donors (Lipinski definition) is 1. The van der Waals surface area contributed by atoms with Gasteiger partial charge in [-0.2, -0.15) is 0 Å². The molecule has 0 atom stereocenters. The van der Waals surface area contributed by atoms with Crippen molar-refractivity contribution in [2.45, 2.75) is 13.3 Å². The number of aryl methyl sites for hydroxylation is 1. The van der Waals surface area contributed by atoms with Crippen LogP contribution in [0.15, 0.2) is 68.8 Å². The zero-order valence-corrected chi connectivity index (χ0v) is 15.2. The summed E-state index contributed by atoms with van der Waals surface area (Å²) in [5, 5.41) is 3.44. The maximum absolute atomic E-state index is 12.5. The number of anilines is 1. The Kier molecular flexibility index (Phi) is 4.86. The van der Waals surface area contributed by atoms with E-state index in [0.29, 0.717) is 23.1 Å². The van der Waals surface area contributed by atoms with Gasteiger partial charge in [-0.25, -0.2) is 4.79 Å². The molecule has 5 heteroatoms. The molecule has 0 unspecified atom stereocenters. The molecule has 4 nitrogen and oxygen atoms in total. The highest BCUT2D eigenvalue weighted by Crippen LogP contribution is 2.24. The van der Waals surface area contributed by atoms with E-state index in [-0.39, 0.29) is 5.56 Å². The van der Waals surface area contributed by atoms with Gasteiger partial charge in [0.25, 0.3) is 5.91 Å². The Bertz CT molecular complexity index is 1040. The number of fused-ring (bicyclic) bond motifs is 1. The van der Waals surface area contributed by atoms with Crippen LogP contribution in [-0.2, 0) is 6.42 Å². The van der Waals surface area contributed by atoms with Gasteiger partial charge in [-0.15, -0.1) is 6.58 Å². The Morgan fingerprint density at radius 1 is 1.28 bits per heavy atom. The third kappa shape index (κ3) is 3.56. The van der Waals surface area contributed by atoms with Crippen molar-refractivity contribution in [2.24, 2.45) is 0 Å². The van der Waals surface area contributed by atoms with Gasteiger partial charge in [-0.05, 0) is 58.6 Å². The number of carbonyl (C=O) groups excluding carboxylic acids is 1. The third-order valence-electron chi connectivity index (χ3n) is 3.82. The molecule has 1 aromatic heterocycles. The van der Waals surface area contributed by atoms with E-state index in [1.807, 2.05) is 37.3 Å². The van der Waals surface area contributed by atoms with E-state index >= 15 is 0 Å². The smallest absolute Gasteiger partial charge is 0.349 e. The maximum atomic E-state index is 12.5. The minimum Gasteiger partial charge on any atom is -0.422 e. The molecule has 0 fully saturated rings. The summed E-state index contributed by atoms with van der Waals surface area (Å²) < 4.78 is 6.16. The van der Waals surface area contributed by atoms with Crippen LogP contribution in [0.3, 0.4) is 0 Å². The SMILES string of the molecule is C=CCc1cccc2cc(C(=O)Nc3ccc(C)cc3Br)c(=O)oc12. The van der Waals surface area contributed by atoms with Crippen molar-refractivity contribution >= 4 is 38.5 Å². The quantitative estimate of drug-likeness (QED) is 0.505. The van der Waals surface area contributed by atoms with E-state index in [4.69, 9.17) is 4.42 Å². The van der Waals surface area contributed by atoms with Crippen molar-refractivity contribution in [2.75, 3.05) is 5.32 Å². The van der Waals surface area contributed by atoms with Crippen molar-refractivity contribution in [1.82, 2.24) is 0 Å². The highest BCUT2D eigenvalue weighted by Gasteiger charge is 2.16. The predicted octanol–water partition coefficient (Wildman–Crippen LogP) is 4.84. The fourth-order valence-corrected chi connectivity index (χ4v) is 3.18. The van der Waals surface area contributed by atoms with Crippen LogP contribution in [-0.4, -0.2) is 5.91 Å². The molecule has 0 aliphatic carbocycles. The molecule has 2 aromatic carbocycles. The minimum absolute atomic E-state index is 0.0317. The fraction of sp³-hybridized carbons (Fsp3) is 0.100. The van der Waals surface area contributed by atoms with Crippen LogP contribution in [0.2, 0.25) is 0 Å². The molecule has 0 aliphatic rings. The van der Waals surface area contributed by atoms with Crippen molar-refractivity contribution in [3.63, 3.8) is 0 Å². The van der Waals surface area contributed by atoms with Crippen LogP contribution >= 0.6 is 15.9 Å². The molecule has 0 spiro atoms. The van der Waals surface area contributed by atoms with E-state index < -0.39 is 11.5 Å². The second-order valence-corrected chi connectivity index (χ2v) is 6.57. The monoisotopic (exact) mass is 397 g/mol. The number of benzene rings is 2. The summed E-state index contributed by atoms with van der Waals surface area (Å²) in [5.74, 6) is -0.505. The van der Waals surface area contributed by atoms with Gasteiger partial charge < -0.3 is 9.73 Å². The van der Waals surface area contributed by atoms with Gasteiger partial charge in [0.05, 0.1) is 5.69 Å². The number of allylic oxidation sites excluding steroid dienone is 1. The first-order valence-corrected chi connectivity index (χ1v) is 8.53. The molecular formula is C20H16BrNO3. The van der Waals surface area contributed by atoms with Crippen molar-refractivity contribution in [3.8, 4) is 0 Å². The average Bonchev–Trinajstić information content (AvgIpc) is 2.57. The first-order chi connectivity index (χ1) is 12.0. The molecule has 0 aliphatic heterocycles. The van der Waals surface area contributed by atoms with E-state index in [0.717, 1.165) is 15.6 Å². The summed E-state index contributed by atoms with van der Waals surface area (Å²) in [6, 6.07) is 12.6. The molecule has 0 saturated carbocycles. The largest absolute Gasteiger partial charge is 0.422 e. The number of amides is 1. The normalized spacial score (nSPS) is 10.6. The molecule has 0 radical (unpaired) electrons. The summed E-state index contributed by atoms with van der Waals surface area (Å²) in [5.41, 5.74) is 2.30. The summed E-state index contributed by atoms with van der Waals surface area (Å²) in [7, 11) is 0. The van der Waals surface area contributed by atoms with Gasteiger partial charge in [0.15, 0.2) is 0 Å². The second kappa shape index (κ2) is 7.07. The molecule has 3 rings (SSSR count). The summed E-state index contributed by atoms with van der Waals surface area (Å²) in [4.78, 5) is 24.8. The van der Waals surface area contributed by atoms with E-state index in [2.05, 4.69) is 27.8 Å². The molecule has 126 valence electrons. The van der Waals surface area contributed by atoms with Crippen molar-refractivity contribution in [3.05, 3.63) is 86.7 Å². The summed E-state index contributed by atoms with van der Waals surface area (Å²) in [6.07, 6.45) is 2.33. The van der Waals surface area contributed by atoms with Crippen LogP contribution < -0.4 is 10.9 Å². The Balaban J connectivity index is 2.00. The van der Waals surface area contributed by atoms with E-state index in [1.165, 1.54) is 0 Å². The standard InChI is InChI=1S/C20H16BrNO3/c1-3-5-13-6-4-7-14-11-15(20(24)25-18(13)14)19(23)22-17-9-8-12(2)10-16(17)21/h3-4,6-11H,1,5H2,2H3,(H,22,23). The Morgan fingerprint density at radius 3 is 2.80 bits per heavy atom. The molecule has 1 N–H and O–H groups in total. The number of carbonyl (C=O) groups is 1. The van der Waals surface area contributed by atoms with Gasteiger partial charge in [0.1, 0.15) is 11.1 Å². The van der Waals surface area contributed by atoms with Crippen LogP contribution in [0.5, 0.6) is 0 Å². The van der Waals surface area contributed by atoms with Crippen LogP contribution in [0, 0.1) is 6.92 Å². The predicted molar refractivity (Wildman–Crippen MR) is 103 cm³/mol. The lowest BCUT2D eigenvalue weighted by atomic mass is 10.1. The van der Waals surface area contributed by atoms with E-state index in [1.54, 1.807) is 18.2 Å². The molecule has 3 aromatic rings. The fourth-order valence-electron chi connectivity index (χ4n) is 2.59. The first kappa shape index (κ1) is 17.2. The van der Waals surface area contributed by atoms with Crippen LogP contribution in [0.1, 0.15) is 21.5 Å². The molecule has 0 bridgehead atoms. The molecule has 0 saturated heterocycles. The number of halogens is 1. The molecule has 1 amide bonds. The molecule has 1 heterocycles. The van der Waals surface area contributed by atoms with Gasteiger partial charge in [-0.1, -0.05) is 30.3 Å². The van der Waals surface area contributed by atoms with Crippen molar-refractivity contribution in [1.29, 1.82) is 0 Å². The number of rotatable bonds is 4. The summed E-state index contributed by atoms with van der Waals surface area (Å²) >= 11 is 3.41. The van der Waals surface area contributed by atoms with Gasteiger partial charge in [-0.3, -0.25) is 4.79 Å². The van der Waals surface area contributed by atoms with Crippen LogP contribution in [0.25, 0.3) is 11.0 Å². The Hall–Kier alpha value is -2.66. The number of hydrogen-bond acceptors (Lipinski definition) is 3. The number of para-hydroxylation sites is 1. The highest BCUT2D eigenvalue weighted by atomic mass is 79.9. The lowest BCUT2D eigenvalue weighted by Crippen LogP contribution is -2.21. The van der Waals surface area contributed by atoms with Gasteiger partial charge in [0.2, 0.25) is 0 Å². The van der Waals surface area contributed by atoms with Crippen LogP contribution in [0.4, 0.5) is 5.69 Å². The third-order valence-corrected chi connectivity index (χ3v) is 4.48. The lowest BCUT2D eigenvalue weighted by Gasteiger charge is -2.09. The average molecular weight is 398 g/mol. The second-order valence-electron chi connectivity index (χ2n) is 5.71. The highest BCUT2D eigenvalue weighted by molar-refractivity contribution is 9.10. The maximum Gasteiger partial charge on any atom is 0.349 e. The Labute approximate surface area is 153 Å². The Morgan fingerprint density at radius 2 is 2.08 bits per heavy atom. The number of nitrogens with one attached hydrogen (secondary N) is 1. The van der Waals surface area contributed by atoms with Crippen molar-refractivity contribution < 1.29 is 9.21 Å². The van der Waals surface area contributed by atoms with E-state index in [9.17, 15) is 9.59 Å². The molecular weight excluding hydrogens is 382 g/mol. The van der Waals surface area contributed by atoms with Gasteiger partial charge in [0, 0.05) is 9.86 Å². The first-order valence-electron chi connectivity index (χ1n) is 7.73. The zero-order chi connectivity index (χ0) is 18.0. The summed E-state index contributed by atoms with van der Waals surface area (Å²) in [6.45, 7) is 5.66. The lowest BCUT2D eigenvalue weighted by molar-refractivity contribution is 0.102. The van der Waals surface area contributed by atoms with Gasteiger partial charge >= 0.3 is 5.63 Å². The topological polar surface area (TPSA) is 59.3 Å². The minimum atomic E-state index is -0.662. The molecule has 25 heavy (non-hydrogen) atoms.